The van der Waals surface area contributed by atoms with Crippen LogP contribution in [0.15, 0.2) is 18.2 Å². The fourth-order valence-corrected chi connectivity index (χ4v) is 2.19. The Morgan fingerprint density at radius 2 is 1.83 bits per heavy atom. The van der Waals surface area contributed by atoms with Crippen molar-refractivity contribution in [1.29, 1.82) is 0 Å². The third-order valence-corrected chi connectivity index (χ3v) is 3.28. The summed E-state index contributed by atoms with van der Waals surface area (Å²) in [5, 5.41) is 3.11. The van der Waals surface area contributed by atoms with Crippen LogP contribution in [-0.2, 0) is 0 Å². The molecular weight excluding hydrogens is 232 g/mol. The lowest BCUT2D eigenvalue weighted by Gasteiger charge is -2.17. The predicted octanol–water partition coefficient (Wildman–Crippen LogP) is 4.59. The SMILES string of the molecule is CCCCCCCC(NC)c1ccc(F)cc1F. The van der Waals surface area contributed by atoms with Gasteiger partial charge in [-0.3, -0.25) is 0 Å². The zero-order valence-electron chi connectivity index (χ0n) is 11.3. The van der Waals surface area contributed by atoms with Gasteiger partial charge in [-0.1, -0.05) is 45.1 Å². The van der Waals surface area contributed by atoms with E-state index in [1.807, 2.05) is 7.05 Å². The maximum Gasteiger partial charge on any atom is 0.130 e. The molecule has 1 N–H and O–H groups in total. The van der Waals surface area contributed by atoms with Crippen LogP contribution in [0.1, 0.15) is 57.1 Å². The van der Waals surface area contributed by atoms with Crippen molar-refractivity contribution >= 4 is 0 Å². The van der Waals surface area contributed by atoms with Gasteiger partial charge in [-0.05, 0) is 19.5 Å². The normalized spacial score (nSPS) is 12.7. The first-order valence-corrected chi connectivity index (χ1v) is 6.81. The molecule has 1 rings (SSSR count). The zero-order chi connectivity index (χ0) is 13.4. The van der Waals surface area contributed by atoms with Crippen LogP contribution in [-0.4, -0.2) is 7.05 Å². The van der Waals surface area contributed by atoms with Crippen molar-refractivity contribution in [3.05, 3.63) is 35.4 Å². The first-order valence-electron chi connectivity index (χ1n) is 6.81. The van der Waals surface area contributed by atoms with Crippen molar-refractivity contribution in [3.8, 4) is 0 Å². The topological polar surface area (TPSA) is 12.0 Å². The summed E-state index contributed by atoms with van der Waals surface area (Å²) in [6.45, 7) is 2.18. The van der Waals surface area contributed by atoms with Crippen molar-refractivity contribution < 1.29 is 8.78 Å². The molecule has 1 aromatic carbocycles. The molecule has 0 amide bonds. The fourth-order valence-electron chi connectivity index (χ4n) is 2.19. The van der Waals surface area contributed by atoms with E-state index in [2.05, 4.69) is 12.2 Å². The number of benzene rings is 1. The van der Waals surface area contributed by atoms with Crippen LogP contribution in [0.25, 0.3) is 0 Å². The van der Waals surface area contributed by atoms with Gasteiger partial charge in [-0.15, -0.1) is 0 Å². The largest absolute Gasteiger partial charge is 0.313 e. The Kier molecular flexibility index (Phi) is 6.88. The molecule has 1 aromatic rings. The smallest absolute Gasteiger partial charge is 0.130 e. The molecule has 0 spiro atoms. The third-order valence-electron chi connectivity index (χ3n) is 3.28. The molecule has 1 unspecified atom stereocenters. The monoisotopic (exact) mass is 255 g/mol. The zero-order valence-corrected chi connectivity index (χ0v) is 11.3. The molecule has 0 aliphatic carbocycles. The van der Waals surface area contributed by atoms with E-state index in [4.69, 9.17) is 0 Å². The highest BCUT2D eigenvalue weighted by Crippen LogP contribution is 2.23. The molecule has 0 fully saturated rings. The van der Waals surface area contributed by atoms with Crippen LogP contribution in [0.2, 0.25) is 0 Å². The fraction of sp³-hybridized carbons (Fsp3) is 0.600. The molecule has 0 aliphatic rings. The lowest BCUT2D eigenvalue weighted by atomic mass is 9.99. The van der Waals surface area contributed by atoms with Crippen molar-refractivity contribution in [2.45, 2.75) is 51.5 Å². The molecule has 3 heteroatoms. The lowest BCUT2D eigenvalue weighted by Crippen LogP contribution is -2.17. The van der Waals surface area contributed by atoms with Gasteiger partial charge in [-0.2, -0.15) is 0 Å². The summed E-state index contributed by atoms with van der Waals surface area (Å²) in [5.74, 6) is -0.975. The minimum atomic E-state index is -0.519. The average molecular weight is 255 g/mol. The molecular formula is C15H23F2N. The summed E-state index contributed by atoms with van der Waals surface area (Å²) in [6, 6.07) is 3.79. The van der Waals surface area contributed by atoms with Crippen molar-refractivity contribution in [2.24, 2.45) is 0 Å². The maximum absolute atomic E-state index is 13.6. The van der Waals surface area contributed by atoms with Gasteiger partial charge in [0.15, 0.2) is 0 Å². The molecule has 0 bridgehead atoms. The highest BCUT2D eigenvalue weighted by atomic mass is 19.1. The molecule has 0 saturated heterocycles. The predicted molar refractivity (Wildman–Crippen MR) is 71.5 cm³/mol. The van der Waals surface area contributed by atoms with Crippen molar-refractivity contribution in [3.63, 3.8) is 0 Å². The second kappa shape index (κ2) is 8.20. The highest BCUT2D eigenvalue weighted by molar-refractivity contribution is 5.22. The van der Waals surface area contributed by atoms with Crippen molar-refractivity contribution in [2.75, 3.05) is 7.05 Å². The van der Waals surface area contributed by atoms with Crippen molar-refractivity contribution in [1.82, 2.24) is 5.32 Å². The van der Waals surface area contributed by atoms with Gasteiger partial charge >= 0.3 is 0 Å². The Hall–Kier alpha value is -0.960. The summed E-state index contributed by atoms with van der Waals surface area (Å²) in [6.07, 6.45) is 6.86. The summed E-state index contributed by atoms with van der Waals surface area (Å²) >= 11 is 0. The maximum atomic E-state index is 13.6. The molecule has 18 heavy (non-hydrogen) atoms. The summed E-state index contributed by atoms with van der Waals surface area (Å²) in [4.78, 5) is 0. The van der Waals surface area contributed by atoms with E-state index in [0.29, 0.717) is 5.56 Å². The summed E-state index contributed by atoms with van der Waals surface area (Å²) in [5.41, 5.74) is 0.564. The quantitative estimate of drug-likeness (QED) is 0.670. The molecule has 0 aromatic heterocycles. The molecule has 1 nitrogen and oxygen atoms in total. The third kappa shape index (κ3) is 4.73. The van der Waals surface area contributed by atoms with Gasteiger partial charge in [0.1, 0.15) is 11.6 Å². The molecule has 0 heterocycles. The second-order valence-corrected chi connectivity index (χ2v) is 4.71. The number of rotatable bonds is 8. The number of nitrogens with one attached hydrogen (secondary N) is 1. The minimum Gasteiger partial charge on any atom is -0.313 e. The highest BCUT2D eigenvalue weighted by Gasteiger charge is 2.13. The number of unbranched alkanes of at least 4 members (excludes halogenated alkanes) is 4. The minimum absolute atomic E-state index is 0.0211. The van der Waals surface area contributed by atoms with Gasteiger partial charge in [0.2, 0.25) is 0 Å². The Morgan fingerprint density at radius 3 is 2.44 bits per heavy atom. The Labute approximate surface area is 109 Å². The number of halogens is 2. The van der Waals surface area contributed by atoms with E-state index in [9.17, 15) is 8.78 Å². The van der Waals surface area contributed by atoms with E-state index >= 15 is 0 Å². The Morgan fingerprint density at radius 1 is 1.11 bits per heavy atom. The van der Waals surface area contributed by atoms with Gasteiger partial charge in [-0.25, -0.2) is 8.78 Å². The standard InChI is InChI=1S/C15H23F2N/c1-3-4-5-6-7-8-15(18-2)13-10-9-12(16)11-14(13)17/h9-11,15,18H,3-8H2,1-2H3. The first-order chi connectivity index (χ1) is 8.69. The molecule has 0 aliphatic heterocycles. The van der Waals surface area contributed by atoms with Gasteiger partial charge in [0, 0.05) is 17.7 Å². The van der Waals surface area contributed by atoms with Crippen LogP contribution in [0.3, 0.4) is 0 Å². The van der Waals surface area contributed by atoms with E-state index in [-0.39, 0.29) is 6.04 Å². The van der Waals surface area contributed by atoms with Crippen LogP contribution >= 0.6 is 0 Å². The number of hydrogen-bond acceptors (Lipinski definition) is 1. The van der Waals surface area contributed by atoms with Gasteiger partial charge < -0.3 is 5.32 Å². The van der Waals surface area contributed by atoms with Gasteiger partial charge in [0.05, 0.1) is 0 Å². The van der Waals surface area contributed by atoms with Crippen LogP contribution < -0.4 is 5.32 Å². The summed E-state index contributed by atoms with van der Waals surface area (Å²) < 4.78 is 26.5. The summed E-state index contributed by atoms with van der Waals surface area (Å²) in [7, 11) is 1.82. The van der Waals surface area contributed by atoms with Gasteiger partial charge in [0.25, 0.3) is 0 Å². The van der Waals surface area contributed by atoms with Crippen LogP contribution in [0.4, 0.5) is 8.78 Å². The molecule has 0 saturated carbocycles. The van der Waals surface area contributed by atoms with E-state index in [0.717, 1.165) is 18.9 Å². The average Bonchev–Trinajstić information content (AvgIpc) is 2.35. The van der Waals surface area contributed by atoms with E-state index in [1.165, 1.54) is 37.8 Å². The molecule has 0 radical (unpaired) electrons. The van der Waals surface area contributed by atoms with Crippen LogP contribution in [0, 0.1) is 11.6 Å². The van der Waals surface area contributed by atoms with Crippen LogP contribution in [0.5, 0.6) is 0 Å². The Bertz CT molecular complexity index is 352. The first kappa shape index (κ1) is 15.1. The van der Waals surface area contributed by atoms with E-state index in [1.54, 1.807) is 0 Å². The second-order valence-electron chi connectivity index (χ2n) is 4.71. The molecule has 102 valence electrons. The Balaban J connectivity index is 2.49. The van der Waals surface area contributed by atoms with E-state index < -0.39 is 11.6 Å². The molecule has 1 atom stereocenters. The number of hydrogen-bond donors (Lipinski definition) is 1. The lowest BCUT2D eigenvalue weighted by molar-refractivity contribution is 0.474.